The molecule has 2 amide bonds. The molecule has 2 aromatic rings. The normalized spacial score (nSPS) is 14.0. The lowest BCUT2D eigenvalue weighted by atomic mass is 9.96. The van der Waals surface area contributed by atoms with Gasteiger partial charge in [0.15, 0.2) is 6.61 Å². The number of rotatable bonds is 6. The molecule has 1 aliphatic rings. The Morgan fingerprint density at radius 2 is 1.76 bits per heavy atom. The molecule has 1 saturated heterocycles. The van der Waals surface area contributed by atoms with Crippen LogP contribution in [0.1, 0.15) is 44.0 Å². The largest absolute Gasteiger partial charge is 0.465 e. The second kappa shape index (κ2) is 10.6. The van der Waals surface area contributed by atoms with E-state index in [0.717, 1.165) is 10.4 Å². The van der Waals surface area contributed by atoms with Gasteiger partial charge in [-0.05, 0) is 56.5 Å². The number of nitrogens with zero attached hydrogens (tertiary/aromatic N) is 1. The fourth-order valence-corrected chi connectivity index (χ4v) is 4.64. The van der Waals surface area contributed by atoms with E-state index >= 15 is 0 Å². The SMILES string of the molecule is COC(=O)c1c(NC(=O)COC(=O)C2CCN(C(=O)c3ccc(F)cc3)CC2)sc(C)c1C. The quantitative estimate of drug-likeness (QED) is 0.642. The summed E-state index contributed by atoms with van der Waals surface area (Å²) in [6, 6.07) is 5.32. The van der Waals surface area contributed by atoms with Crippen molar-refractivity contribution in [3.8, 4) is 0 Å². The zero-order valence-electron chi connectivity index (χ0n) is 18.6. The van der Waals surface area contributed by atoms with Gasteiger partial charge in [-0.3, -0.25) is 14.4 Å². The summed E-state index contributed by atoms with van der Waals surface area (Å²) in [5.41, 5.74) is 1.40. The van der Waals surface area contributed by atoms with Crippen LogP contribution in [0.4, 0.5) is 9.39 Å². The van der Waals surface area contributed by atoms with Crippen molar-refractivity contribution in [3.05, 3.63) is 51.7 Å². The van der Waals surface area contributed by atoms with E-state index < -0.39 is 36.2 Å². The number of halogens is 1. The number of nitrogens with one attached hydrogen (secondary N) is 1. The molecule has 33 heavy (non-hydrogen) atoms. The highest BCUT2D eigenvalue weighted by atomic mass is 32.1. The van der Waals surface area contributed by atoms with Gasteiger partial charge in [0.2, 0.25) is 0 Å². The predicted molar refractivity (Wildman–Crippen MR) is 120 cm³/mol. The highest BCUT2D eigenvalue weighted by Gasteiger charge is 2.29. The number of likely N-dealkylation sites (tertiary alicyclic amines) is 1. The number of benzene rings is 1. The van der Waals surface area contributed by atoms with Crippen LogP contribution in [0.25, 0.3) is 0 Å². The number of methoxy groups -OCH3 is 1. The smallest absolute Gasteiger partial charge is 0.341 e. The topological polar surface area (TPSA) is 102 Å². The Hall–Kier alpha value is -3.27. The Morgan fingerprint density at radius 1 is 1.12 bits per heavy atom. The Morgan fingerprint density at radius 3 is 2.36 bits per heavy atom. The van der Waals surface area contributed by atoms with Gasteiger partial charge in [0.05, 0.1) is 18.6 Å². The first-order valence-corrected chi connectivity index (χ1v) is 11.2. The van der Waals surface area contributed by atoms with E-state index in [0.29, 0.717) is 36.5 Å². The average Bonchev–Trinajstić information content (AvgIpc) is 3.09. The average molecular weight is 477 g/mol. The van der Waals surface area contributed by atoms with Crippen molar-refractivity contribution >= 4 is 40.1 Å². The van der Waals surface area contributed by atoms with Crippen LogP contribution >= 0.6 is 11.3 Å². The zero-order valence-corrected chi connectivity index (χ0v) is 19.4. The Labute approximate surface area is 194 Å². The van der Waals surface area contributed by atoms with Gasteiger partial charge in [-0.1, -0.05) is 0 Å². The summed E-state index contributed by atoms with van der Waals surface area (Å²) >= 11 is 1.25. The maximum absolute atomic E-state index is 13.0. The number of hydrogen-bond donors (Lipinski definition) is 1. The first-order valence-electron chi connectivity index (χ1n) is 10.4. The van der Waals surface area contributed by atoms with Crippen LogP contribution in [0.15, 0.2) is 24.3 Å². The fourth-order valence-electron chi connectivity index (χ4n) is 3.57. The monoisotopic (exact) mass is 476 g/mol. The molecule has 0 unspecified atom stereocenters. The number of hydrogen-bond acceptors (Lipinski definition) is 7. The van der Waals surface area contributed by atoms with E-state index in [4.69, 9.17) is 9.47 Å². The molecule has 0 spiro atoms. The minimum Gasteiger partial charge on any atom is -0.465 e. The van der Waals surface area contributed by atoms with Crippen molar-refractivity contribution in [1.29, 1.82) is 0 Å². The van der Waals surface area contributed by atoms with Crippen molar-refractivity contribution in [2.75, 3.05) is 32.1 Å². The summed E-state index contributed by atoms with van der Waals surface area (Å²) in [6.45, 7) is 3.83. The van der Waals surface area contributed by atoms with Gasteiger partial charge in [-0.25, -0.2) is 9.18 Å². The van der Waals surface area contributed by atoms with Gasteiger partial charge < -0.3 is 19.7 Å². The van der Waals surface area contributed by atoms with Gasteiger partial charge in [-0.2, -0.15) is 0 Å². The number of amides is 2. The molecule has 1 aromatic heterocycles. The van der Waals surface area contributed by atoms with Crippen LogP contribution in [0.5, 0.6) is 0 Å². The molecule has 2 heterocycles. The first kappa shape index (κ1) is 24.4. The fraction of sp³-hybridized carbons (Fsp3) is 0.391. The molecule has 10 heteroatoms. The van der Waals surface area contributed by atoms with E-state index in [1.807, 2.05) is 6.92 Å². The molecule has 1 N–H and O–H groups in total. The van der Waals surface area contributed by atoms with Crippen LogP contribution < -0.4 is 5.32 Å². The number of thiophene rings is 1. The molecule has 1 aromatic carbocycles. The Kier molecular flexibility index (Phi) is 7.80. The molecule has 0 saturated carbocycles. The predicted octanol–water partition coefficient (Wildman–Crippen LogP) is 3.32. The van der Waals surface area contributed by atoms with E-state index in [1.165, 1.54) is 42.7 Å². The van der Waals surface area contributed by atoms with Crippen LogP contribution in [-0.4, -0.2) is 55.5 Å². The van der Waals surface area contributed by atoms with Crippen molar-refractivity contribution in [1.82, 2.24) is 4.90 Å². The highest BCUT2D eigenvalue weighted by molar-refractivity contribution is 7.16. The maximum Gasteiger partial charge on any atom is 0.341 e. The third kappa shape index (κ3) is 5.75. The van der Waals surface area contributed by atoms with Gasteiger partial charge in [-0.15, -0.1) is 11.3 Å². The lowest BCUT2D eigenvalue weighted by Gasteiger charge is -2.31. The Bertz CT molecular complexity index is 1060. The molecule has 0 bridgehead atoms. The van der Waals surface area contributed by atoms with Crippen molar-refractivity contribution in [2.24, 2.45) is 5.92 Å². The summed E-state index contributed by atoms with van der Waals surface area (Å²) in [4.78, 5) is 51.7. The van der Waals surface area contributed by atoms with Gasteiger partial charge >= 0.3 is 11.9 Å². The van der Waals surface area contributed by atoms with Crippen LogP contribution in [0, 0.1) is 25.6 Å². The van der Waals surface area contributed by atoms with Crippen LogP contribution in [-0.2, 0) is 19.1 Å². The van der Waals surface area contributed by atoms with E-state index in [2.05, 4.69) is 5.32 Å². The first-order chi connectivity index (χ1) is 15.7. The number of carbonyl (C=O) groups excluding carboxylic acids is 4. The lowest BCUT2D eigenvalue weighted by molar-refractivity contribution is -0.152. The highest BCUT2D eigenvalue weighted by Crippen LogP contribution is 2.33. The number of anilines is 1. The summed E-state index contributed by atoms with van der Waals surface area (Å²) in [7, 11) is 1.26. The van der Waals surface area contributed by atoms with Crippen LogP contribution in [0.3, 0.4) is 0 Å². The van der Waals surface area contributed by atoms with E-state index in [1.54, 1.807) is 11.8 Å². The number of aryl methyl sites for hydroxylation is 1. The second-order valence-electron chi connectivity index (χ2n) is 7.71. The molecule has 176 valence electrons. The second-order valence-corrected chi connectivity index (χ2v) is 8.93. The third-order valence-electron chi connectivity index (χ3n) is 5.58. The molecule has 1 aliphatic heterocycles. The molecule has 8 nitrogen and oxygen atoms in total. The molecular formula is C23H25FN2O6S. The van der Waals surface area contributed by atoms with Crippen molar-refractivity contribution in [2.45, 2.75) is 26.7 Å². The van der Waals surface area contributed by atoms with Crippen molar-refractivity contribution in [3.63, 3.8) is 0 Å². The maximum atomic E-state index is 13.0. The zero-order chi connectivity index (χ0) is 24.1. The van der Waals surface area contributed by atoms with Gasteiger partial charge in [0, 0.05) is 23.5 Å². The molecule has 0 atom stereocenters. The van der Waals surface area contributed by atoms with Crippen LogP contribution in [0.2, 0.25) is 0 Å². The number of ether oxygens (including phenoxy) is 2. The number of piperidine rings is 1. The number of esters is 2. The van der Waals surface area contributed by atoms with Gasteiger partial charge in [0.1, 0.15) is 10.8 Å². The molecule has 0 aliphatic carbocycles. The molecule has 0 radical (unpaired) electrons. The lowest BCUT2D eigenvalue weighted by Crippen LogP contribution is -2.41. The van der Waals surface area contributed by atoms with E-state index in [9.17, 15) is 23.6 Å². The third-order valence-corrected chi connectivity index (χ3v) is 6.70. The summed E-state index contributed by atoms with van der Waals surface area (Å²) in [5.74, 6) is -2.67. The minimum atomic E-state index is -0.557. The molecular weight excluding hydrogens is 451 g/mol. The van der Waals surface area contributed by atoms with Gasteiger partial charge in [0.25, 0.3) is 11.8 Å². The summed E-state index contributed by atoms with van der Waals surface area (Å²) in [5, 5.41) is 2.96. The summed E-state index contributed by atoms with van der Waals surface area (Å²) in [6.07, 6.45) is 0.812. The summed E-state index contributed by atoms with van der Waals surface area (Å²) < 4.78 is 23.0. The molecule has 3 rings (SSSR count). The molecule has 1 fully saturated rings. The van der Waals surface area contributed by atoms with E-state index in [-0.39, 0.29) is 11.5 Å². The Balaban J connectivity index is 1.48. The number of carbonyl (C=O) groups is 4. The standard InChI is InChI=1S/C23H25FN2O6S/c1-13-14(2)33-20(19(13)23(30)31-3)25-18(27)12-32-22(29)16-8-10-26(11-9-16)21(28)15-4-6-17(24)7-5-15/h4-7,16H,8-12H2,1-3H3,(H,25,27). The minimum absolute atomic E-state index is 0.218. The van der Waals surface area contributed by atoms with Crippen molar-refractivity contribution < 1.29 is 33.0 Å².